The summed E-state index contributed by atoms with van der Waals surface area (Å²) < 4.78 is 9.05. The van der Waals surface area contributed by atoms with E-state index in [1.165, 1.54) is 54.8 Å². The number of nitrogens with zero attached hydrogens (tertiary/aromatic N) is 1. The van der Waals surface area contributed by atoms with Gasteiger partial charge < -0.3 is 4.74 Å². The van der Waals surface area contributed by atoms with E-state index in [4.69, 9.17) is 4.74 Å². The molecule has 1 aliphatic heterocycles. The van der Waals surface area contributed by atoms with Crippen molar-refractivity contribution < 1.29 is 9.30 Å². The molecule has 6 rings (SSSR count). The highest BCUT2D eigenvalue weighted by Gasteiger charge is 2.35. The number of benzene rings is 4. The second kappa shape index (κ2) is 6.06. The van der Waals surface area contributed by atoms with E-state index in [-0.39, 0.29) is 0 Å². The monoisotopic (exact) mass is 390 g/mol. The van der Waals surface area contributed by atoms with Gasteiger partial charge >= 0.3 is 0 Å². The predicted molar refractivity (Wildman–Crippen MR) is 124 cm³/mol. The molecule has 0 N–H and O–H groups in total. The van der Waals surface area contributed by atoms with Crippen molar-refractivity contribution in [3.63, 3.8) is 0 Å². The maximum Gasteiger partial charge on any atom is 0.257 e. The van der Waals surface area contributed by atoms with E-state index in [9.17, 15) is 0 Å². The molecule has 1 aliphatic rings. The van der Waals surface area contributed by atoms with E-state index >= 15 is 0 Å². The summed E-state index contributed by atoms with van der Waals surface area (Å²) in [7, 11) is 2.18. The Morgan fingerprint density at radius 3 is 2.40 bits per heavy atom. The smallest absolute Gasteiger partial charge is 0.257 e. The number of pyridine rings is 1. The first-order chi connectivity index (χ1) is 14.6. The largest absolute Gasteiger partial charge is 0.449 e. The van der Waals surface area contributed by atoms with Gasteiger partial charge in [0.05, 0.1) is 10.9 Å². The zero-order valence-electron chi connectivity index (χ0n) is 17.8. The fourth-order valence-corrected chi connectivity index (χ4v) is 5.22. The van der Waals surface area contributed by atoms with Crippen LogP contribution in [0, 0.1) is 6.92 Å². The van der Waals surface area contributed by atoms with Crippen molar-refractivity contribution in [1.82, 2.24) is 0 Å². The van der Waals surface area contributed by atoms with Gasteiger partial charge in [-0.1, -0.05) is 62.4 Å². The van der Waals surface area contributed by atoms with Gasteiger partial charge in [-0.2, -0.15) is 4.57 Å². The van der Waals surface area contributed by atoms with Crippen molar-refractivity contribution in [2.24, 2.45) is 7.05 Å². The van der Waals surface area contributed by atoms with E-state index in [1.54, 1.807) is 0 Å². The average Bonchev–Trinajstić information content (AvgIpc) is 2.75. The van der Waals surface area contributed by atoms with E-state index in [2.05, 4.69) is 99.1 Å². The normalized spacial score (nSPS) is 12.6. The molecule has 4 aromatic carbocycles. The van der Waals surface area contributed by atoms with Crippen LogP contribution in [0.4, 0.5) is 0 Å². The molecule has 0 amide bonds. The van der Waals surface area contributed by atoms with Crippen molar-refractivity contribution >= 4 is 32.4 Å². The topological polar surface area (TPSA) is 13.1 Å². The molecule has 0 fully saturated rings. The van der Waals surface area contributed by atoms with Gasteiger partial charge in [0.2, 0.25) is 11.3 Å². The summed E-state index contributed by atoms with van der Waals surface area (Å²) in [5.41, 5.74) is 6.30. The Bertz CT molecular complexity index is 1510. The predicted octanol–water partition coefficient (Wildman–Crippen LogP) is 7.18. The molecule has 0 spiro atoms. The quantitative estimate of drug-likeness (QED) is 0.214. The van der Waals surface area contributed by atoms with Crippen LogP contribution < -0.4 is 9.30 Å². The van der Waals surface area contributed by atoms with Crippen molar-refractivity contribution in [2.75, 3.05) is 0 Å². The fraction of sp³-hybridized carbons (Fsp3) is 0.179. The molecule has 0 saturated carbocycles. The number of hydrogen-bond donors (Lipinski definition) is 0. The van der Waals surface area contributed by atoms with Crippen LogP contribution in [0.15, 0.2) is 66.7 Å². The first-order valence-electron chi connectivity index (χ1n) is 10.6. The highest BCUT2D eigenvalue weighted by molar-refractivity contribution is 6.10. The van der Waals surface area contributed by atoms with Crippen molar-refractivity contribution in [3.8, 4) is 22.8 Å². The number of aromatic nitrogens is 1. The van der Waals surface area contributed by atoms with Gasteiger partial charge in [-0.15, -0.1) is 0 Å². The molecule has 5 aromatic rings. The number of hydrogen-bond acceptors (Lipinski definition) is 1. The summed E-state index contributed by atoms with van der Waals surface area (Å²) >= 11 is 0. The second-order valence-corrected chi connectivity index (χ2v) is 8.70. The third kappa shape index (κ3) is 2.16. The summed E-state index contributed by atoms with van der Waals surface area (Å²) in [4.78, 5) is 0. The molecule has 0 saturated heterocycles. The zero-order valence-corrected chi connectivity index (χ0v) is 17.8. The minimum atomic E-state index is 0.332. The minimum Gasteiger partial charge on any atom is -0.449 e. The molecule has 0 aliphatic carbocycles. The lowest BCUT2D eigenvalue weighted by Crippen LogP contribution is -2.34. The standard InChI is InChI=1S/C28H24NO/c1-16(2)23-26-20-10-6-5-8-18(20)14-15-21(26)29(4)27-24-17(3)12-13-19-9-7-11-22(25(19)24)30-28(23)27/h5-16H,1-4H3/q+1. The first kappa shape index (κ1) is 17.5. The lowest BCUT2D eigenvalue weighted by Gasteiger charge is -2.25. The molecule has 1 aromatic heterocycles. The van der Waals surface area contributed by atoms with Crippen LogP contribution in [0.1, 0.15) is 30.9 Å². The minimum absolute atomic E-state index is 0.332. The highest BCUT2D eigenvalue weighted by atomic mass is 16.5. The molecule has 30 heavy (non-hydrogen) atoms. The van der Waals surface area contributed by atoms with E-state index in [1.807, 2.05) is 0 Å². The molecule has 146 valence electrons. The molecule has 0 bridgehead atoms. The SMILES string of the molecule is Cc1ccc2cccc3c2c1-c1c(c(C(C)C)c2c4ccccc4ccc2[n+]1C)O3. The van der Waals surface area contributed by atoms with Crippen LogP contribution in [-0.4, -0.2) is 0 Å². The van der Waals surface area contributed by atoms with Crippen molar-refractivity contribution in [2.45, 2.75) is 26.7 Å². The van der Waals surface area contributed by atoms with Crippen molar-refractivity contribution in [1.29, 1.82) is 0 Å². The fourth-order valence-electron chi connectivity index (χ4n) is 5.22. The van der Waals surface area contributed by atoms with Gasteiger partial charge in [0.1, 0.15) is 12.8 Å². The molecular formula is C28H24NO+. The Labute approximate surface area is 176 Å². The molecular weight excluding hydrogens is 366 g/mol. The van der Waals surface area contributed by atoms with Crippen LogP contribution in [0.2, 0.25) is 0 Å². The number of rotatable bonds is 1. The molecule has 2 heterocycles. The first-order valence-corrected chi connectivity index (χ1v) is 10.6. The van der Waals surface area contributed by atoms with E-state index in [0.717, 1.165) is 11.5 Å². The van der Waals surface area contributed by atoms with Crippen LogP contribution in [-0.2, 0) is 7.05 Å². The van der Waals surface area contributed by atoms with Gasteiger partial charge in [0.15, 0.2) is 0 Å². The van der Waals surface area contributed by atoms with Crippen LogP contribution >= 0.6 is 0 Å². The molecule has 0 radical (unpaired) electrons. The third-order valence-corrected chi connectivity index (χ3v) is 6.57. The Kier molecular flexibility index (Phi) is 3.53. The Morgan fingerprint density at radius 2 is 1.57 bits per heavy atom. The van der Waals surface area contributed by atoms with E-state index < -0.39 is 0 Å². The van der Waals surface area contributed by atoms with Crippen LogP contribution in [0.25, 0.3) is 43.7 Å². The maximum absolute atomic E-state index is 6.71. The number of fused-ring (bicyclic) bond motifs is 5. The van der Waals surface area contributed by atoms with Crippen LogP contribution in [0.5, 0.6) is 11.5 Å². The lowest BCUT2D eigenvalue weighted by atomic mass is 9.87. The lowest BCUT2D eigenvalue weighted by molar-refractivity contribution is -0.633. The number of ether oxygens (including phenoxy) is 1. The zero-order chi connectivity index (χ0) is 20.6. The Morgan fingerprint density at radius 1 is 0.800 bits per heavy atom. The molecule has 0 atom stereocenters. The van der Waals surface area contributed by atoms with Gasteiger partial charge in [-0.05, 0) is 46.7 Å². The molecule has 2 heteroatoms. The Balaban J connectivity index is 1.89. The Hall–Kier alpha value is -3.39. The molecule has 0 unspecified atom stereocenters. The van der Waals surface area contributed by atoms with E-state index in [0.29, 0.717) is 5.92 Å². The summed E-state index contributed by atoms with van der Waals surface area (Å²) in [6.45, 7) is 6.75. The van der Waals surface area contributed by atoms with Gasteiger partial charge in [-0.3, -0.25) is 0 Å². The van der Waals surface area contributed by atoms with Gasteiger partial charge in [0, 0.05) is 17.0 Å². The average molecular weight is 391 g/mol. The maximum atomic E-state index is 6.71. The summed E-state index contributed by atoms with van der Waals surface area (Å²) in [6.07, 6.45) is 0. The van der Waals surface area contributed by atoms with Gasteiger partial charge in [-0.25, -0.2) is 0 Å². The highest BCUT2D eigenvalue weighted by Crippen LogP contribution is 2.51. The third-order valence-electron chi connectivity index (χ3n) is 6.57. The summed E-state index contributed by atoms with van der Waals surface area (Å²) in [5, 5.41) is 6.29. The second-order valence-electron chi connectivity index (χ2n) is 8.70. The van der Waals surface area contributed by atoms with Crippen molar-refractivity contribution in [3.05, 3.63) is 77.9 Å². The van der Waals surface area contributed by atoms with Gasteiger partial charge in [0.25, 0.3) is 5.69 Å². The van der Waals surface area contributed by atoms with Crippen LogP contribution in [0.3, 0.4) is 0 Å². The summed E-state index contributed by atoms with van der Waals surface area (Å²) in [6, 6.07) is 24.0. The number of aryl methyl sites for hydroxylation is 2. The molecule has 2 nitrogen and oxygen atoms in total. The summed E-state index contributed by atoms with van der Waals surface area (Å²) in [5.74, 6) is 2.30.